The molecule has 3 heteroatoms. The number of fused-ring (bicyclic) bond motifs is 6. The maximum atomic E-state index is 8.62. The van der Waals surface area contributed by atoms with Crippen LogP contribution in [0.3, 0.4) is 0 Å². The first kappa shape index (κ1) is 13.4. The van der Waals surface area contributed by atoms with Gasteiger partial charge in [-0.2, -0.15) is 0 Å². The Kier molecular flexibility index (Phi) is 5.37. The molecule has 96 valence electrons. The fourth-order valence-electron chi connectivity index (χ4n) is 3.82. The average molecular weight is 295 g/mol. The van der Waals surface area contributed by atoms with E-state index in [9.17, 15) is 0 Å². The van der Waals surface area contributed by atoms with Gasteiger partial charge in [0.05, 0.1) is 0 Å². The van der Waals surface area contributed by atoms with Gasteiger partial charge in [0.25, 0.3) is 0 Å². The van der Waals surface area contributed by atoms with Crippen molar-refractivity contribution in [2.75, 3.05) is 19.6 Å². The molecule has 0 amide bonds. The fourth-order valence-corrected chi connectivity index (χ4v) is 14.8. The Morgan fingerprint density at radius 3 is 2.06 bits per heavy atom. The number of hydrogen-bond acceptors (Lipinski definition) is 2. The van der Waals surface area contributed by atoms with Crippen LogP contribution in [0.4, 0.5) is 0 Å². The molecule has 3 heterocycles. The zero-order valence-corrected chi connectivity index (χ0v) is 13.2. The predicted molar refractivity (Wildman–Crippen MR) is 74.7 cm³/mol. The molecule has 0 aromatic heterocycles. The van der Waals surface area contributed by atoms with Crippen LogP contribution in [0.1, 0.15) is 38.5 Å². The monoisotopic (exact) mass is 296 g/mol. The zero-order valence-electron chi connectivity index (χ0n) is 11.1. The molecular formula is C14H26GeN2. The number of hydrogen-bond donors (Lipinski definition) is 0. The van der Waals surface area contributed by atoms with E-state index in [2.05, 4.69) is 11.0 Å². The molecule has 3 rings (SSSR count). The van der Waals surface area contributed by atoms with E-state index in [0.717, 1.165) is 12.8 Å². The van der Waals surface area contributed by atoms with Crippen LogP contribution >= 0.6 is 0 Å². The molecule has 3 aliphatic rings. The second kappa shape index (κ2) is 6.80. The van der Waals surface area contributed by atoms with Crippen molar-refractivity contribution in [2.45, 2.75) is 59.5 Å². The van der Waals surface area contributed by atoms with Gasteiger partial charge in [0.2, 0.25) is 0 Å². The number of unbranched alkanes of at least 4 members (excludes halogenated alkanes) is 2. The SMILES string of the molecule is N#CCCC[CH2][Ge]12[CH2]CCN(CC[CH2]1)CC[CH2]2. The Hall–Kier alpha value is -0.00714. The molecule has 0 radical (unpaired) electrons. The first-order valence-corrected chi connectivity index (χ1v) is 13.4. The Morgan fingerprint density at radius 1 is 0.941 bits per heavy atom. The molecule has 0 aromatic rings. The van der Waals surface area contributed by atoms with Gasteiger partial charge in [0.15, 0.2) is 0 Å². The van der Waals surface area contributed by atoms with E-state index < -0.39 is 13.3 Å². The second-order valence-electron chi connectivity index (χ2n) is 6.02. The van der Waals surface area contributed by atoms with E-state index in [-0.39, 0.29) is 0 Å². The second-order valence-corrected chi connectivity index (χ2v) is 16.5. The summed E-state index contributed by atoms with van der Waals surface area (Å²) in [4.78, 5) is 2.70. The molecule has 0 saturated carbocycles. The minimum absolute atomic E-state index is 0.784. The molecule has 0 aromatic carbocycles. The quantitative estimate of drug-likeness (QED) is 0.585. The van der Waals surface area contributed by atoms with Crippen LogP contribution in [0, 0.1) is 11.3 Å². The van der Waals surface area contributed by atoms with Gasteiger partial charge in [-0.1, -0.05) is 0 Å². The van der Waals surface area contributed by atoms with Gasteiger partial charge in [0.1, 0.15) is 0 Å². The molecule has 0 atom stereocenters. The van der Waals surface area contributed by atoms with Gasteiger partial charge in [-0.25, -0.2) is 0 Å². The van der Waals surface area contributed by atoms with Gasteiger partial charge in [-0.3, -0.25) is 0 Å². The van der Waals surface area contributed by atoms with E-state index in [0.29, 0.717) is 0 Å². The van der Waals surface area contributed by atoms with Gasteiger partial charge in [-0.15, -0.1) is 0 Å². The Labute approximate surface area is 109 Å². The number of nitrogens with zero attached hydrogens (tertiary/aromatic N) is 2. The summed E-state index contributed by atoms with van der Waals surface area (Å²) in [5.41, 5.74) is 0. The van der Waals surface area contributed by atoms with E-state index in [4.69, 9.17) is 5.26 Å². The summed E-state index contributed by atoms with van der Waals surface area (Å²) in [6.07, 6.45) is 7.76. The Bertz CT molecular complexity index is 245. The van der Waals surface area contributed by atoms with Crippen molar-refractivity contribution in [1.82, 2.24) is 4.90 Å². The van der Waals surface area contributed by atoms with Crippen molar-refractivity contribution >= 4 is 13.3 Å². The van der Waals surface area contributed by atoms with E-state index in [1.807, 2.05) is 0 Å². The summed E-state index contributed by atoms with van der Waals surface area (Å²) >= 11 is -1.46. The van der Waals surface area contributed by atoms with Crippen LogP contribution in [0.25, 0.3) is 0 Å². The van der Waals surface area contributed by atoms with Gasteiger partial charge < -0.3 is 0 Å². The van der Waals surface area contributed by atoms with Crippen LogP contribution in [0.5, 0.6) is 0 Å². The van der Waals surface area contributed by atoms with Gasteiger partial charge in [-0.05, 0) is 0 Å². The van der Waals surface area contributed by atoms with E-state index in [1.54, 1.807) is 21.0 Å². The molecule has 3 fully saturated rings. The zero-order chi connectivity index (χ0) is 12.0. The van der Waals surface area contributed by atoms with Gasteiger partial charge >= 0.3 is 109 Å². The van der Waals surface area contributed by atoms with Crippen LogP contribution in [-0.2, 0) is 0 Å². The van der Waals surface area contributed by atoms with Gasteiger partial charge in [0, 0.05) is 0 Å². The molecule has 2 bridgehead atoms. The first-order valence-electron chi connectivity index (χ1n) is 7.44. The predicted octanol–water partition coefficient (Wildman–Crippen LogP) is 3.63. The van der Waals surface area contributed by atoms with Crippen LogP contribution < -0.4 is 0 Å². The van der Waals surface area contributed by atoms with Crippen molar-refractivity contribution < 1.29 is 0 Å². The first-order chi connectivity index (χ1) is 8.35. The summed E-state index contributed by atoms with van der Waals surface area (Å²) in [6.45, 7) is 4.14. The fraction of sp³-hybridized carbons (Fsp3) is 0.929. The van der Waals surface area contributed by atoms with Crippen molar-refractivity contribution in [2.24, 2.45) is 0 Å². The summed E-state index contributed by atoms with van der Waals surface area (Å²) in [6, 6.07) is 2.29. The summed E-state index contributed by atoms with van der Waals surface area (Å²) in [7, 11) is 0. The third-order valence-electron chi connectivity index (χ3n) is 4.79. The van der Waals surface area contributed by atoms with Crippen molar-refractivity contribution in [3.8, 4) is 6.07 Å². The van der Waals surface area contributed by atoms with Crippen molar-refractivity contribution in [3.05, 3.63) is 0 Å². The van der Waals surface area contributed by atoms with Crippen LogP contribution in [0.15, 0.2) is 0 Å². The van der Waals surface area contributed by atoms with Crippen LogP contribution in [0.2, 0.25) is 21.0 Å². The van der Waals surface area contributed by atoms with Crippen molar-refractivity contribution in [1.29, 1.82) is 5.26 Å². The minimum atomic E-state index is -1.46. The van der Waals surface area contributed by atoms with E-state index in [1.165, 1.54) is 45.3 Å². The third-order valence-corrected chi connectivity index (χ3v) is 16.7. The molecule has 0 N–H and O–H groups in total. The summed E-state index contributed by atoms with van der Waals surface area (Å²) in [5, 5.41) is 15.1. The van der Waals surface area contributed by atoms with Crippen LogP contribution in [-0.4, -0.2) is 37.8 Å². The Morgan fingerprint density at radius 2 is 1.53 bits per heavy atom. The molecular weight excluding hydrogens is 269 g/mol. The third kappa shape index (κ3) is 4.00. The molecule has 17 heavy (non-hydrogen) atoms. The number of rotatable bonds is 4. The normalized spacial score (nSPS) is 33.5. The topological polar surface area (TPSA) is 27.0 Å². The van der Waals surface area contributed by atoms with Crippen molar-refractivity contribution in [3.63, 3.8) is 0 Å². The summed E-state index contributed by atoms with van der Waals surface area (Å²) < 4.78 is 0. The molecule has 0 spiro atoms. The average Bonchev–Trinajstić information content (AvgIpc) is 2.25. The Balaban J connectivity index is 1.87. The molecule has 3 aliphatic heterocycles. The number of nitriles is 1. The maximum absolute atomic E-state index is 8.62. The molecule has 3 saturated heterocycles. The van der Waals surface area contributed by atoms with E-state index >= 15 is 0 Å². The molecule has 2 nitrogen and oxygen atoms in total. The standard InChI is InChI=1S/C14H26GeN2/c16-11-3-1-2-7-15-8-4-12-17(13-5-9-15)14-6-10-15/h1-10,12-14H2. The molecule has 0 unspecified atom stereocenters. The molecule has 0 aliphatic carbocycles. The summed E-state index contributed by atoms with van der Waals surface area (Å²) in [5.74, 6) is 0.